The summed E-state index contributed by atoms with van der Waals surface area (Å²) in [6, 6.07) is 3.43. The van der Waals surface area contributed by atoms with E-state index in [1.807, 2.05) is 0 Å². The van der Waals surface area contributed by atoms with Gasteiger partial charge in [-0.25, -0.2) is 0 Å². The van der Waals surface area contributed by atoms with E-state index in [2.05, 4.69) is 5.32 Å². The van der Waals surface area contributed by atoms with E-state index >= 15 is 0 Å². The zero-order chi connectivity index (χ0) is 11.7. The van der Waals surface area contributed by atoms with Gasteiger partial charge in [0.25, 0.3) is 0 Å². The Morgan fingerprint density at radius 3 is 2.69 bits per heavy atom. The molecule has 0 bridgehead atoms. The van der Waals surface area contributed by atoms with Gasteiger partial charge in [0.1, 0.15) is 0 Å². The average Bonchev–Trinajstić information content (AvgIpc) is 2.62. The van der Waals surface area contributed by atoms with Crippen molar-refractivity contribution in [3.63, 3.8) is 0 Å². The van der Waals surface area contributed by atoms with E-state index in [1.54, 1.807) is 19.1 Å². The molecule has 0 amide bonds. The van der Waals surface area contributed by atoms with E-state index in [0.29, 0.717) is 22.7 Å². The molecule has 0 aromatic heterocycles. The summed E-state index contributed by atoms with van der Waals surface area (Å²) in [7, 11) is 0. The molecule has 0 fully saturated rings. The zero-order valence-corrected chi connectivity index (χ0v) is 9.50. The molecule has 1 aliphatic rings. The van der Waals surface area contributed by atoms with Crippen LogP contribution in [0.3, 0.4) is 0 Å². The quantitative estimate of drug-likeness (QED) is 0.673. The molecule has 4 N–H and O–H groups in total. The Labute approximate surface area is 98.2 Å². The number of thiocarbonyl (C=S) groups is 1. The number of anilines is 1. The summed E-state index contributed by atoms with van der Waals surface area (Å²) in [6.45, 7) is 1.84. The minimum Gasteiger partial charge on any atom is -0.454 e. The van der Waals surface area contributed by atoms with E-state index in [1.165, 1.54) is 0 Å². The number of benzene rings is 1. The van der Waals surface area contributed by atoms with Gasteiger partial charge in [-0.1, -0.05) is 0 Å². The van der Waals surface area contributed by atoms with Crippen LogP contribution in [0.2, 0.25) is 0 Å². The number of nitrogens with one attached hydrogen (secondary N) is 1. The van der Waals surface area contributed by atoms with Gasteiger partial charge in [-0.3, -0.25) is 0 Å². The van der Waals surface area contributed by atoms with E-state index in [4.69, 9.17) is 27.4 Å². The number of fused-ring (bicyclic) bond motifs is 1. The minimum absolute atomic E-state index is 0.140. The molecule has 0 saturated heterocycles. The van der Waals surface area contributed by atoms with Crippen LogP contribution in [0.5, 0.6) is 11.5 Å². The molecule has 0 saturated carbocycles. The van der Waals surface area contributed by atoms with Crippen LogP contribution in [0.25, 0.3) is 0 Å². The van der Waals surface area contributed by atoms with Crippen molar-refractivity contribution in [2.24, 2.45) is 5.73 Å². The number of nitrogens with two attached hydrogens (primary N) is 1. The van der Waals surface area contributed by atoms with Crippen molar-refractivity contribution in [1.29, 1.82) is 0 Å². The number of hydrogen-bond acceptors (Lipinski definition) is 4. The summed E-state index contributed by atoms with van der Waals surface area (Å²) in [6.07, 6.45) is -0.647. The molecular formula is C10H12N2O3S. The summed E-state index contributed by atoms with van der Waals surface area (Å²) in [5.41, 5.74) is 6.70. The Balaban J connectivity index is 2.44. The second kappa shape index (κ2) is 4.15. The number of aliphatic hydroxyl groups excluding tert-OH is 1. The molecule has 2 rings (SSSR count). The number of rotatable bonds is 2. The van der Waals surface area contributed by atoms with Crippen molar-refractivity contribution in [2.45, 2.75) is 13.0 Å². The summed E-state index contributed by atoms with van der Waals surface area (Å²) >= 11 is 4.76. The van der Waals surface area contributed by atoms with Crippen LogP contribution in [0.1, 0.15) is 18.6 Å². The fourth-order valence-electron chi connectivity index (χ4n) is 1.54. The van der Waals surface area contributed by atoms with Gasteiger partial charge in [-0.05, 0) is 25.2 Å². The fraction of sp³-hybridized carbons (Fsp3) is 0.300. The maximum absolute atomic E-state index is 9.63. The van der Waals surface area contributed by atoms with Gasteiger partial charge in [0.2, 0.25) is 6.79 Å². The largest absolute Gasteiger partial charge is 0.454 e. The molecule has 1 heterocycles. The minimum atomic E-state index is -0.647. The van der Waals surface area contributed by atoms with Crippen molar-refractivity contribution in [2.75, 3.05) is 12.1 Å². The molecule has 1 aromatic rings. The standard InChI is InChI=1S/C10H12N2O3S/c1-5(13)6-2-8-9(15-4-14-8)3-7(6)12-10(11)16/h2-3,5,13H,4H2,1H3,(H3,11,12,16). The van der Waals surface area contributed by atoms with E-state index < -0.39 is 6.10 Å². The Morgan fingerprint density at radius 2 is 2.12 bits per heavy atom. The molecule has 1 aliphatic heterocycles. The monoisotopic (exact) mass is 240 g/mol. The van der Waals surface area contributed by atoms with Gasteiger partial charge in [0, 0.05) is 17.3 Å². The predicted octanol–water partition coefficient (Wildman–Crippen LogP) is 1.12. The van der Waals surface area contributed by atoms with Gasteiger partial charge >= 0.3 is 0 Å². The molecular weight excluding hydrogens is 228 g/mol. The second-order valence-corrected chi connectivity index (χ2v) is 3.90. The Bertz CT molecular complexity index is 434. The normalized spacial score (nSPS) is 14.6. The van der Waals surface area contributed by atoms with E-state index in [9.17, 15) is 5.11 Å². The van der Waals surface area contributed by atoms with E-state index in [-0.39, 0.29) is 11.9 Å². The van der Waals surface area contributed by atoms with Crippen LogP contribution in [0.15, 0.2) is 12.1 Å². The van der Waals surface area contributed by atoms with Crippen molar-refractivity contribution in [3.05, 3.63) is 17.7 Å². The molecule has 86 valence electrons. The zero-order valence-electron chi connectivity index (χ0n) is 8.69. The maximum atomic E-state index is 9.63. The molecule has 1 unspecified atom stereocenters. The summed E-state index contributed by atoms with van der Waals surface area (Å²) < 4.78 is 10.5. The summed E-state index contributed by atoms with van der Waals surface area (Å²) in [5, 5.41) is 12.6. The van der Waals surface area contributed by atoms with Crippen LogP contribution in [-0.4, -0.2) is 17.0 Å². The highest BCUT2D eigenvalue weighted by atomic mass is 32.1. The molecule has 16 heavy (non-hydrogen) atoms. The van der Waals surface area contributed by atoms with Crippen molar-refractivity contribution in [1.82, 2.24) is 0 Å². The number of hydrogen-bond donors (Lipinski definition) is 3. The van der Waals surface area contributed by atoms with Gasteiger partial charge in [0.05, 0.1) is 6.10 Å². The van der Waals surface area contributed by atoms with Crippen LogP contribution in [0.4, 0.5) is 5.69 Å². The van der Waals surface area contributed by atoms with Crippen LogP contribution in [0, 0.1) is 0 Å². The molecule has 6 heteroatoms. The van der Waals surface area contributed by atoms with Gasteiger partial charge < -0.3 is 25.6 Å². The Hall–Kier alpha value is -1.53. The van der Waals surface area contributed by atoms with Gasteiger partial charge in [0.15, 0.2) is 16.6 Å². The Morgan fingerprint density at radius 1 is 1.50 bits per heavy atom. The number of aliphatic hydroxyl groups is 1. The molecule has 5 nitrogen and oxygen atoms in total. The third kappa shape index (κ3) is 2.02. The SMILES string of the molecule is CC(O)c1cc2c(cc1NC(N)=S)OCO2. The van der Waals surface area contributed by atoms with Crippen molar-refractivity contribution < 1.29 is 14.6 Å². The summed E-state index contributed by atoms with van der Waals surface area (Å²) in [4.78, 5) is 0. The first kappa shape index (κ1) is 11.0. The summed E-state index contributed by atoms with van der Waals surface area (Å²) in [5.74, 6) is 1.23. The van der Waals surface area contributed by atoms with Gasteiger partial charge in [-0.15, -0.1) is 0 Å². The smallest absolute Gasteiger partial charge is 0.231 e. The van der Waals surface area contributed by atoms with Crippen molar-refractivity contribution in [3.8, 4) is 11.5 Å². The lowest BCUT2D eigenvalue weighted by Gasteiger charge is -2.13. The molecule has 1 atom stereocenters. The highest BCUT2D eigenvalue weighted by molar-refractivity contribution is 7.80. The first-order chi connectivity index (χ1) is 7.58. The van der Waals surface area contributed by atoms with E-state index in [0.717, 1.165) is 0 Å². The highest BCUT2D eigenvalue weighted by Gasteiger charge is 2.19. The number of ether oxygens (including phenoxy) is 2. The third-order valence-electron chi connectivity index (χ3n) is 2.25. The third-order valence-corrected chi connectivity index (χ3v) is 2.35. The van der Waals surface area contributed by atoms with Gasteiger partial charge in [-0.2, -0.15) is 0 Å². The molecule has 1 aromatic carbocycles. The Kier molecular flexibility index (Phi) is 2.84. The highest BCUT2D eigenvalue weighted by Crippen LogP contribution is 2.39. The lowest BCUT2D eigenvalue weighted by molar-refractivity contribution is 0.173. The lowest BCUT2D eigenvalue weighted by Crippen LogP contribution is -2.20. The fourth-order valence-corrected chi connectivity index (χ4v) is 1.65. The lowest BCUT2D eigenvalue weighted by atomic mass is 10.1. The van der Waals surface area contributed by atoms with Crippen molar-refractivity contribution >= 4 is 23.0 Å². The average molecular weight is 240 g/mol. The molecule has 0 radical (unpaired) electrons. The predicted molar refractivity (Wildman–Crippen MR) is 63.6 cm³/mol. The maximum Gasteiger partial charge on any atom is 0.231 e. The van der Waals surface area contributed by atoms with Crippen LogP contribution in [-0.2, 0) is 0 Å². The van der Waals surface area contributed by atoms with Crippen LogP contribution < -0.4 is 20.5 Å². The molecule has 0 aliphatic carbocycles. The first-order valence-corrected chi connectivity index (χ1v) is 5.17. The first-order valence-electron chi connectivity index (χ1n) is 4.76. The molecule has 0 spiro atoms. The van der Waals surface area contributed by atoms with Crippen LogP contribution >= 0.6 is 12.2 Å². The topological polar surface area (TPSA) is 76.7 Å². The second-order valence-electron chi connectivity index (χ2n) is 3.46.